The summed E-state index contributed by atoms with van der Waals surface area (Å²) in [4.78, 5) is 0. The van der Waals surface area contributed by atoms with Crippen molar-refractivity contribution in [3.8, 4) is 0 Å². The topological polar surface area (TPSA) is 12.0 Å². The maximum absolute atomic E-state index is 3.62. The van der Waals surface area contributed by atoms with E-state index in [9.17, 15) is 0 Å². The summed E-state index contributed by atoms with van der Waals surface area (Å²) in [7, 11) is 0. The van der Waals surface area contributed by atoms with Crippen LogP contribution in [-0.4, -0.2) is 13.1 Å². The Morgan fingerprint density at radius 2 is 2.12 bits per heavy atom. The predicted octanol–water partition coefficient (Wildman–Crippen LogP) is 3.47. The fraction of sp³-hybridized carbons (Fsp3) is 0.571. The molecule has 16 heavy (non-hydrogen) atoms. The molecule has 1 aliphatic heterocycles. The summed E-state index contributed by atoms with van der Waals surface area (Å²) in [5, 5.41) is 3.44. The normalized spacial score (nSPS) is 20.3. The first-order valence-electron chi connectivity index (χ1n) is 6.19. The lowest BCUT2D eigenvalue weighted by atomic mass is 9.92. The van der Waals surface area contributed by atoms with Gasteiger partial charge in [-0.05, 0) is 74.0 Å². The Bertz CT molecular complexity index is 367. The van der Waals surface area contributed by atoms with E-state index < -0.39 is 0 Å². The number of hydrogen-bond acceptors (Lipinski definition) is 1. The van der Waals surface area contributed by atoms with Crippen molar-refractivity contribution in [1.29, 1.82) is 0 Å². The van der Waals surface area contributed by atoms with Crippen LogP contribution in [0.15, 0.2) is 16.6 Å². The first-order valence-corrected chi connectivity index (χ1v) is 6.98. The van der Waals surface area contributed by atoms with Crippen LogP contribution < -0.4 is 5.32 Å². The van der Waals surface area contributed by atoms with Gasteiger partial charge in [0.1, 0.15) is 0 Å². The van der Waals surface area contributed by atoms with Crippen molar-refractivity contribution in [2.75, 3.05) is 13.1 Å². The third kappa shape index (κ3) is 2.67. The molecule has 1 nitrogen and oxygen atoms in total. The fourth-order valence-electron chi connectivity index (χ4n) is 2.58. The van der Waals surface area contributed by atoms with Gasteiger partial charge in [0, 0.05) is 4.47 Å². The van der Waals surface area contributed by atoms with Crippen LogP contribution in [0.4, 0.5) is 0 Å². The molecule has 1 atom stereocenters. The first kappa shape index (κ1) is 12.1. The van der Waals surface area contributed by atoms with Crippen molar-refractivity contribution in [2.24, 2.45) is 5.92 Å². The highest BCUT2D eigenvalue weighted by Gasteiger charge is 2.16. The summed E-state index contributed by atoms with van der Waals surface area (Å²) < 4.78 is 1.23. The zero-order valence-corrected chi connectivity index (χ0v) is 11.7. The molecule has 2 rings (SSSR count). The highest BCUT2D eigenvalue weighted by Crippen LogP contribution is 2.25. The van der Waals surface area contributed by atoms with E-state index in [-0.39, 0.29) is 0 Å². The largest absolute Gasteiger partial charge is 0.316 e. The van der Waals surface area contributed by atoms with Crippen LogP contribution >= 0.6 is 15.9 Å². The number of rotatable bonds is 3. The van der Waals surface area contributed by atoms with Crippen molar-refractivity contribution in [3.05, 3.63) is 33.3 Å². The SMILES string of the molecule is CCc1cc(Br)cc(CC2CCNC2)c1C. The molecule has 0 bridgehead atoms. The molecule has 88 valence electrons. The van der Waals surface area contributed by atoms with Crippen LogP contribution in [0.25, 0.3) is 0 Å². The van der Waals surface area contributed by atoms with Gasteiger partial charge in [-0.25, -0.2) is 0 Å². The third-order valence-electron chi connectivity index (χ3n) is 3.64. The summed E-state index contributed by atoms with van der Waals surface area (Å²) in [6.07, 6.45) is 3.68. The molecule has 1 aromatic carbocycles. The van der Waals surface area contributed by atoms with Crippen molar-refractivity contribution in [3.63, 3.8) is 0 Å². The number of nitrogens with one attached hydrogen (secondary N) is 1. The van der Waals surface area contributed by atoms with Gasteiger partial charge < -0.3 is 5.32 Å². The summed E-state index contributed by atoms with van der Waals surface area (Å²) in [6.45, 7) is 6.88. The number of benzene rings is 1. The summed E-state index contributed by atoms with van der Waals surface area (Å²) in [5.41, 5.74) is 4.51. The van der Waals surface area contributed by atoms with Gasteiger partial charge in [-0.1, -0.05) is 22.9 Å². The van der Waals surface area contributed by atoms with Crippen LogP contribution in [0.2, 0.25) is 0 Å². The van der Waals surface area contributed by atoms with Crippen LogP contribution in [0, 0.1) is 12.8 Å². The van der Waals surface area contributed by atoms with Gasteiger partial charge in [0.25, 0.3) is 0 Å². The molecule has 1 heterocycles. The average Bonchev–Trinajstić information content (AvgIpc) is 2.75. The lowest BCUT2D eigenvalue weighted by Crippen LogP contribution is -2.11. The molecule has 1 aliphatic rings. The van der Waals surface area contributed by atoms with Gasteiger partial charge in [-0.3, -0.25) is 0 Å². The molecule has 0 saturated carbocycles. The first-order chi connectivity index (χ1) is 7.70. The molecule has 1 fully saturated rings. The fourth-order valence-corrected chi connectivity index (χ4v) is 3.13. The van der Waals surface area contributed by atoms with E-state index in [0.717, 1.165) is 12.3 Å². The molecule has 0 spiro atoms. The second-order valence-electron chi connectivity index (χ2n) is 4.77. The molecular weight excluding hydrogens is 262 g/mol. The predicted molar refractivity (Wildman–Crippen MR) is 72.9 cm³/mol. The van der Waals surface area contributed by atoms with Crippen LogP contribution in [0.5, 0.6) is 0 Å². The van der Waals surface area contributed by atoms with E-state index in [1.54, 1.807) is 0 Å². The molecule has 1 saturated heterocycles. The van der Waals surface area contributed by atoms with Crippen LogP contribution in [0.1, 0.15) is 30.0 Å². The van der Waals surface area contributed by atoms with Crippen molar-refractivity contribution in [1.82, 2.24) is 5.32 Å². The van der Waals surface area contributed by atoms with E-state index in [0.29, 0.717) is 0 Å². The lowest BCUT2D eigenvalue weighted by molar-refractivity contribution is 0.578. The standard InChI is InChI=1S/C14H20BrN/c1-3-12-7-14(15)8-13(10(12)2)6-11-4-5-16-9-11/h7-8,11,16H,3-6,9H2,1-2H3. The van der Waals surface area contributed by atoms with E-state index in [4.69, 9.17) is 0 Å². The van der Waals surface area contributed by atoms with Gasteiger partial charge in [-0.2, -0.15) is 0 Å². The molecule has 1 N–H and O–H groups in total. The third-order valence-corrected chi connectivity index (χ3v) is 4.10. The summed E-state index contributed by atoms with van der Waals surface area (Å²) in [6, 6.07) is 4.55. The van der Waals surface area contributed by atoms with Crippen molar-refractivity contribution in [2.45, 2.75) is 33.1 Å². The minimum atomic E-state index is 0.831. The van der Waals surface area contributed by atoms with E-state index >= 15 is 0 Å². The van der Waals surface area contributed by atoms with Gasteiger partial charge in [0.2, 0.25) is 0 Å². The molecular formula is C14H20BrN. The van der Waals surface area contributed by atoms with E-state index in [1.165, 1.54) is 47.1 Å². The van der Waals surface area contributed by atoms with Gasteiger partial charge >= 0.3 is 0 Å². The van der Waals surface area contributed by atoms with Crippen molar-refractivity contribution < 1.29 is 0 Å². The Labute approximate surface area is 107 Å². The van der Waals surface area contributed by atoms with Gasteiger partial charge in [0.15, 0.2) is 0 Å². The highest BCUT2D eigenvalue weighted by atomic mass is 79.9. The Hall–Kier alpha value is -0.340. The zero-order valence-electron chi connectivity index (χ0n) is 10.1. The van der Waals surface area contributed by atoms with Crippen LogP contribution in [-0.2, 0) is 12.8 Å². The smallest absolute Gasteiger partial charge is 0.0180 e. The minimum Gasteiger partial charge on any atom is -0.316 e. The van der Waals surface area contributed by atoms with Gasteiger partial charge in [-0.15, -0.1) is 0 Å². The Morgan fingerprint density at radius 1 is 1.38 bits per heavy atom. The Kier molecular flexibility index (Phi) is 4.04. The molecule has 1 unspecified atom stereocenters. The highest BCUT2D eigenvalue weighted by molar-refractivity contribution is 9.10. The monoisotopic (exact) mass is 281 g/mol. The minimum absolute atomic E-state index is 0.831. The molecule has 2 heteroatoms. The quantitative estimate of drug-likeness (QED) is 0.895. The van der Waals surface area contributed by atoms with Gasteiger partial charge in [0.05, 0.1) is 0 Å². The van der Waals surface area contributed by atoms with Crippen LogP contribution in [0.3, 0.4) is 0 Å². The zero-order chi connectivity index (χ0) is 11.5. The number of halogens is 1. The number of hydrogen-bond donors (Lipinski definition) is 1. The number of aryl methyl sites for hydroxylation is 1. The van der Waals surface area contributed by atoms with Crippen molar-refractivity contribution >= 4 is 15.9 Å². The average molecular weight is 282 g/mol. The molecule has 0 aromatic heterocycles. The Morgan fingerprint density at radius 3 is 2.75 bits per heavy atom. The second kappa shape index (κ2) is 5.33. The summed E-state index contributed by atoms with van der Waals surface area (Å²) >= 11 is 3.62. The van der Waals surface area contributed by atoms with E-state index in [2.05, 4.69) is 47.2 Å². The maximum Gasteiger partial charge on any atom is 0.0180 e. The second-order valence-corrected chi connectivity index (χ2v) is 5.68. The molecule has 0 radical (unpaired) electrons. The molecule has 1 aromatic rings. The molecule has 0 aliphatic carbocycles. The van der Waals surface area contributed by atoms with E-state index in [1.807, 2.05) is 0 Å². The Balaban J connectivity index is 2.21. The maximum atomic E-state index is 3.62. The summed E-state index contributed by atoms with van der Waals surface area (Å²) in [5.74, 6) is 0.831. The molecule has 0 amide bonds. The lowest BCUT2D eigenvalue weighted by Gasteiger charge is -2.14.